The number of benzene rings is 3. The van der Waals surface area contributed by atoms with Gasteiger partial charge in [-0.05, 0) is 80.6 Å². The van der Waals surface area contributed by atoms with Crippen molar-refractivity contribution >= 4 is 53.9 Å². The molecule has 4 N–H and O–H groups in total. The van der Waals surface area contributed by atoms with Crippen molar-refractivity contribution in [3.63, 3.8) is 0 Å². The minimum absolute atomic E-state index is 0. The molecule has 50 heavy (non-hydrogen) atoms. The molecule has 1 heterocycles. The van der Waals surface area contributed by atoms with Crippen LogP contribution < -0.4 is 30.7 Å². The molecule has 1 aliphatic rings. The Balaban J connectivity index is 0.00000433. The van der Waals surface area contributed by atoms with Crippen molar-refractivity contribution in [1.29, 1.82) is 0 Å². The molecule has 0 aromatic heterocycles. The van der Waals surface area contributed by atoms with Crippen LogP contribution in [0.5, 0.6) is 11.5 Å². The molecule has 12 heteroatoms. The summed E-state index contributed by atoms with van der Waals surface area (Å²) in [4.78, 5) is 28.9. The summed E-state index contributed by atoms with van der Waals surface area (Å²) in [6, 6.07) is 21.6. The van der Waals surface area contributed by atoms with E-state index in [1.807, 2.05) is 36.4 Å². The lowest BCUT2D eigenvalue weighted by Crippen LogP contribution is -2.45. The first-order chi connectivity index (χ1) is 23.1. The predicted molar refractivity (Wildman–Crippen MR) is 207 cm³/mol. The third kappa shape index (κ3) is 12.6. The first-order valence-electron chi connectivity index (χ1n) is 16.9. The third-order valence-corrected chi connectivity index (χ3v) is 8.26. The third-order valence-electron chi connectivity index (χ3n) is 8.02. The number of ether oxygens (including phenoxy) is 3. The minimum atomic E-state index is -1.05. The van der Waals surface area contributed by atoms with Crippen molar-refractivity contribution in [2.75, 3.05) is 51.3 Å². The van der Waals surface area contributed by atoms with Crippen LogP contribution in [0.25, 0.3) is 0 Å². The van der Waals surface area contributed by atoms with Gasteiger partial charge in [-0.15, -0.1) is 24.8 Å². The summed E-state index contributed by atoms with van der Waals surface area (Å²) in [5, 5.41) is 6.87. The number of carbonyl (C=O) groups excluding carboxylic acids is 2. The lowest BCUT2D eigenvalue weighted by molar-refractivity contribution is -0.138. The van der Waals surface area contributed by atoms with Crippen LogP contribution in [-0.4, -0.2) is 64.4 Å². The van der Waals surface area contributed by atoms with Gasteiger partial charge in [0.25, 0.3) is 5.91 Å². The van der Waals surface area contributed by atoms with E-state index in [-0.39, 0.29) is 48.5 Å². The van der Waals surface area contributed by atoms with Crippen molar-refractivity contribution < 1.29 is 23.8 Å². The monoisotopic (exact) mass is 750 g/mol. The van der Waals surface area contributed by atoms with Gasteiger partial charge in [0.2, 0.25) is 5.91 Å². The maximum atomic E-state index is 14.2. The zero-order valence-corrected chi connectivity index (χ0v) is 31.9. The molecule has 3 aromatic rings. The molecule has 1 aliphatic heterocycles. The highest BCUT2D eigenvalue weighted by Gasteiger charge is 2.40. The summed E-state index contributed by atoms with van der Waals surface area (Å²) in [6.45, 7) is 9.76. The molecule has 0 spiro atoms. The standard InChI is InChI=1S/C38H51ClN4O5.2ClH/c1-38(2,3)26-43-31-18-17-28(39)24-30(31)35(48-33(37(43)45)25-34(44)42-22-10-19-40)29-15-8-16-32(36(29)46-4)47-23-11-21-41-20-9-14-27-12-6-5-7-13-27;;/h5-8,12-13,15-18,24,33,35,41H,9-11,14,19-23,25-26,40H2,1-4H3,(H,42,44);2*1H/t33-,35-;;/m0../s1. The number of fused-ring (bicyclic) bond motifs is 1. The number of carbonyl (C=O) groups is 2. The lowest BCUT2D eigenvalue weighted by atomic mass is 9.94. The van der Waals surface area contributed by atoms with Gasteiger partial charge in [0.05, 0.1) is 20.1 Å². The van der Waals surface area contributed by atoms with Crippen LogP contribution >= 0.6 is 36.4 Å². The Kier molecular flexibility index (Phi) is 18.4. The van der Waals surface area contributed by atoms with Gasteiger partial charge >= 0.3 is 0 Å². The van der Waals surface area contributed by atoms with Crippen LogP contribution in [0.15, 0.2) is 66.7 Å². The minimum Gasteiger partial charge on any atom is -0.492 e. The van der Waals surface area contributed by atoms with Crippen molar-refractivity contribution in [3.05, 3.63) is 88.4 Å². The molecule has 0 fully saturated rings. The average Bonchev–Trinajstić information content (AvgIpc) is 3.16. The van der Waals surface area contributed by atoms with Crippen molar-refractivity contribution in [2.45, 2.75) is 65.1 Å². The second-order valence-corrected chi connectivity index (χ2v) is 13.7. The van der Waals surface area contributed by atoms with Crippen LogP contribution in [0.3, 0.4) is 0 Å². The first-order valence-corrected chi connectivity index (χ1v) is 17.3. The molecule has 0 saturated heterocycles. The van der Waals surface area contributed by atoms with E-state index in [4.69, 9.17) is 31.5 Å². The molecular formula is C38H53Cl3N4O5. The number of nitrogens with zero attached hydrogens (tertiary/aromatic N) is 1. The average molecular weight is 752 g/mol. The molecule has 2 atom stereocenters. The van der Waals surface area contributed by atoms with E-state index in [1.165, 1.54) is 5.56 Å². The number of nitrogens with one attached hydrogen (secondary N) is 2. The van der Waals surface area contributed by atoms with E-state index in [0.717, 1.165) is 32.4 Å². The van der Waals surface area contributed by atoms with Gasteiger partial charge in [-0.3, -0.25) is 9.59 Å². The van der Waals surface area contributed by atoms with E-state index in [0.29, 0.717) is 66.0 Å². The number of para-hydroxylation sites is 1. The molecule has 0 radical (unpaired) electrons. The number of hydrogen-bond donors (Lipinski definition) is 3. The van der Waals surface area contributed by atoms with Gasteiger partial charge < -0.3 is 35.5 Å². The number of anilines is 1. The Morgan fingerprint density at radius 3 is 2.40 bits per heavy atom. The van der Waals surface area contributed by atoms with Crippen molar-refractivity contribution in [3.8, 4) is 11.5 Å². The fraction of sp³-hybridized carbons (Fsp3) is 0.474. The number of rotatable bonds is 17. The summed E-state index contributed by atoms with van der Waals surface area (Å²) in [7, 11) is 1.59. The lowest BCUT2D eigenvalue weighted by Gasteiger charge is -2.31. The van der Waals surface area contributed by atoms with Crippen molar-refractivity contribution in [1.82, 2.24) is 10.6 Å². The van der Waals surface area contributed by atoms with Crippen LogP contribution in [0.1, 0.15) is 69.2 Å². The van der Waals surface area contributed by atoms with E-state index in [1.54, 1.807) is 18.1 Å². The van der Waals surface area contributed by atoms with Crippen LogP contribution in [-0.2, 0) is 20.7 Å². The smallest absolute Gasteiger partial charge is 0.256 e. The highest BCUT2D eigenvalue weighted by Crippen LogP contribution is 2.45. The van der Waals surface area contributed by atoms with Crippen LogP contribution in [0.4, 0.5) is 5.69 Å². The number of amides is 2. The molecule has 3 aromatic carbocycles. The zero-order chi connectivity index (χ0) is 34.5. The maximum absolute atomic E-state index is 14.2. The first kappa shape index (κ1) is 43.1. The summed E-state index contributed by atoms with van der Waals surface area (Å²) < 4.78 is 18.8. The van der Waals surface area contributed by atoms with E-state index >= 15 is 0 Å². The summed E-state index contributed by atoms with van der Waals surface area (Å²) in [6.07, 6.45) is 1.61. The van der Waals surface area contributed by atoms with Gasteiger partial charge in [-0.1, -0.05) is 74.8 Å². The fourth-order valence-corrected chi connectivity index (χ4v) is 5.97. The topological polar surface area (TPSA) is 115 Å². The number of methoxy groups -OCH3 is 1. The summed E-state index contributed by atoms with van der Waals surface area (Å²) in [5.41, 5.74) is 8.79. The SMILES string of the molecule is COc1c(OCCCNCCCc2ccccc2)cccc1[C@@H]1O[C@@H](CC(=O)NCCCN)C(=O)N(CC(C)(C)C)c2ccc(Cl)cc21.Cl.Cl. The van der Waals surface area contributed by atoms with Gasteiger partial charge in [0.1, 0.15) is 12.2 Å². The van der Waals surface area contributed by atoms with Gasteiger partial charge in [-0.2, -0.15) is 0 Å². The van der Waals surface area contributed by atoms with Crippen molar-refractivity contribution in [2.24, 2.45) is 11.1 Å². The molecule has 9 nitrogen and oxygen atoms in total. The zero-order valence-electron chi connectivity index (χ0n) is 29.5. The molecule has 0 bridgehead atoms. The Hall–Kier alpha value is -3.05. The summed E-state index contributed by atoms with van der Waals surface area (Å²) >= 11 is 6.56. The number of aryl methyl sites for hydroxylation is 1. The second-order valence-electron chi connectivity index (χ2n) is 13.3. The maximum Gasteiger partial charge on any atom is 0.256 e. The molecule has 4 rings (SSSR count). The molecule has 0 saturated carbocycles. The van der Waals surface area contributed by atoms with E-state index in [2.05, 4.69) is 55.7 Å². The highest BCUT2D eigenvalue weighted by atomic mass is 35.5. The fourth-order valence-electron chi connectivity index (χ4n) is 5.79. The molecule has 2 amide bonds. The van der Waals surface area contributed by atoms with Gasteiger partial charge in [0.15, 0.2) is 11.5 Å². The molecule has 276 valence electrons. The van der Waals surface area contributed by atoms with E-state index < -0.39 is 12.2 Å². The normalized spacial score (nSPS) is 15.6. The number of nitrogens with two attached hydrogens (primary N) is 1. The van der Waals surface area contributed by atoms with Gasteiger partial charge in [0, 0.05) is 34.9 Å². The molecule has 0 aliphatic carbocycles. The quantitative estimate of drug-likeness (QED) is 0.129. The Morgan fingerprint density at radius 2 is 1.70 bits per heavy atom. The number of halogens is 3. The summed E-state index contributed by atoms with van der Waals surface area (Å²) in [5.74, 6) is 0.516. The van der Waals surface area contributed by atoms with Gasteiger partial charge in [-0.25, -0.2) is 0 Å². The predicted octanol–water partition coefficient (Wildman–Crippen LogP) is 6.91. The van der Waals surface area contributed by atoms with E-state index in [9.17, 15) is 9.59 Å². The second kappa shape index (κ2) is 21.3. The Morgan fingerprint density at radius 1 is 0.960 bits per heavy atom. The molecular weight excluding hydrogens is 699 g/mol. The Bertz CT molecular complexity index is 1490. The van der Waals surface area contributed by atoms with Crippen LogP contribution in [0.2, 0.25) is 5.02 Å². The largest absolute Gasteiger partial charge is 0.492 e. The highest BCUT2D eigenvalue weighted by molar-refractivity contribution is 6.30. The molecule has 0 unspecified atom stereocenters. The number of hydrogen-bond acceptors (Lipinski definition) is 7. The Labute approximate surface area is 314 Å². The van der Waals surface area contributed by atoms with Crippen LogP contribution in [0, 0.1) is 5.41 Å².